The van der Waals surface area contributed by atoms with Crippen LogP contribution in [0.4, 0.5) is 17.1 Å². The fourth-order valence-corrected chi connectivity index (χ4v) is 4.08. The average molecular weight is 483 g/mol. The summed E-state index contributed by atoms with van der Waals surface area (Å²) in [5.41, 5.74) is 1.25. The number of nitrogens with zero attached hydrogens (tertiary/aromatic N) is 3. The van der Waals surface area contributed by atoms with Gasteiger partial charge in [0.15, 0.2) is 0 Å². The minimum absolute atomic E-state index is 0.225. The van der Waals surface area contributed by atoms with E-state index < -0.39 is 32.5 Å². The van der Waals surface area contributed by atoms with Crippen LogP contribution < -0.4 is 13.9 Å². The van der Waals surface area contributed by atoms with Crippen LogP contribution in [-0.4, -0.2) is 73.7 Å². The van der Waals surface area contributed by atoms with Gasteiger partial charge in [0.1, 0.15) is 6.54 Å². The third-order valence-electron chi connectivity index (χ3n) is 4.49. The summed E-state index contributed by atoms with van der Waals surface area (Å²) in [5, 5.41) is 2.58. The maximum absolute atomic E-state index is 12.6. The minimum atomic E-state index is -3.81. The Bertz CT molecular complexity index is 1210. The topological polar surface area (TPSA) is 124 Å². The molecule has 0 saturated carbocycles. The van der Waals surface area contributed by atoms with Crippen LogP contribution in [0.1, 0.15) is 10.4 Å². The largest absolute Gasteiger partial charge is 0.345 e. The number of carbonyl (C=O) groups excluding carboxylic acids is 2. The van der Waals surface area contributed by atoms with Crippen molar-refractivity contribution in [2.24, 2.45) is 0 Å². The van der Waals surface area contributed by atoms with Crippen molar-refractivity contribution in [3.05, 3.63) is 54.1 Å². The van der Waals surface area contributed by atoms with Crippen LogP contribution in [0.25, 0.3) is 0 Å². The van der Waals surface area contributed by atoms with Gasteiger partial charge in [0.25, 0.3) is 5.91 Å². The Hall–Kier alpha value is -3.12. The molecule has 0 spiro atoms. The Morgan fingerprint density at radius 2 is 1.44 bits per heavy atom. The number of hydrogen-bond donors (Lipinski definition) is 1. The van der Waals surface area contributed by atoms with Crippen LogP contribution in [0.5, 0.6) is 0 Å². The van der Waals surface area contributed by atoms with Crippen molar-refractivity contribution >= 4 is 48.9 Å². The van der Waals surface area contributed by atoms with Crippen LogP contribution >= 0.6 is 0 Å². The van der Waals surface area contributed by atoms with Crippen molar-refractivity contribution in [1.82, 2.24) is 4.90 Å². The quantitative estimate of drug-likeness (QED) is 0.603. The molecule has 0 unspecified atom stereocenters. The van der Waals surface area contributed by atoms with Crippen molar-refractivity contribution in [1.29, 1.82) is 0 Å². The first kappa shape index (κ1) is 25.1. The molecule has 0 aliphatic heterocycles. The molecule has 0 saturated heterocycles. The van der Waals surface area contributed by atoms with Gasteiger partial charge in [-0.25, -0.2) is 16.8 Å². The third kappa shape index (κ3) is 6.44. The van der Waals surface area contributed by atoms with Gasteiger partial charge in [0, 0.05) is 32.4 Å². The van der Waals surface area contributed by atoms with E-state index in [-0.39, 0.29) is 11.6 Å². The van der Waals surface area contributed by atoms with Gasteiger partial charge in [-0.1, -0.05) is 6.07 Å². The van der Waals surface area contributed by atoms with Crippen molar-refractivity contribution in [2.45, 2.75) is 0 Å². The minimum Gasteiger partial charge on any atom is -0.345 e. The van der Waals surface area contributed by atoms with Crippen molar-refractivity contribution in [3.63, 3.8) is 0 Å². The molecule has 1 N–H and O–H groups in total. The van der Waals surface area contributed by atoms with E-state index in [0.717, 1.165) is 21.1 Å². The van der Waals surface area contributed by atoms with Crippen molar-refractivity contribution in [2.75, 3.05) is 54.1 Å². The van der Waals surface area contributed by atoms with E-state index in [1.165, 1.54) is 42.3 Å². The highest BCUT2D eigenvalue weighted by Crippen LogP contribution is 2.22. The highest BCUT2D eigenvalue weighted by Gasteiger charge is 2.22. The van der Waals surface area contributed by atoms with E-state index >= 15 is 0 Å². The van der Waals surface area contributed by atoms with Gasteiger partial charge in [-0.2, -0.15) is 0 Å². The zero-order valence-electron chi connectivity index (χ0n) is 18.4. The predicted molar refractivity (Wildman–Crippen MR) is 125 cm³/mol. The Kier molecular flexibility index (Phi) is 7.52. The molecule has 0 heterocycles. The lowest BCUT2D eigenvalue weighted by molar-refractivity contribution is -0.114. The van der Waals surface area contributed by atoms with Crippen LogP contribution in [0.15, 0.2) is 48.5 Å². The summed E-state index contributed by atoms with van der Waals surface area (Å²) in [6, 6.07) is 12.0. The third-order valence-corrected chi connectivity index (χ3v) is 6.83. The number of hydrogen-bond acceptors (Lipinski definition) is 6. The molecule has 0 aliphatic rings. The first-order valence-electron chi connectivity index (χ1n) is 9.33. The zero-order valence-corrected chi connectivity index (χ0v) is 20.1. The second-order valence-corrected chi connectivity index (χ2v) is 11.3. The summed E-state index contributed by atoms with van der Waals surface area (Å²) in [7, 11) is -2.70. The zero-order chi connectivity index (χ0) is 24.3. The van der Waals surface area contributed by atoms with Gasteiger partial charge in [-0.05, 0) is 42.5 Å². The molecular weight excluding hydrogens is 456 g/mol. The smallest absolute Gasteiger partial charge is 0.253 e. The number of benzene rings is 2. The SMILES string of the molecule is CN(C)C(=O)c1ccc(N(CC(=O)Nc2cccc(N(C)S(C)(=O)=O)c2)S(C)(=O)=O)cc1. The summed E-state index contributed by atoms with van der Waals surface area (Å²) in [6.07, 6.45) is 2.03. The van der Waals surface area contributed by atoms with Gasteiger partial charge < -0.3 is 10.2 Å². The molecule has 12 heteroatoms. The van der Waals surface area contributed by atoms with E-state index in [4.69, 9.17) is 0 Å². The first-order chi connectivity index (χ1) is 14.7. The molecule has 2 aromatic rings. The maximum atomic E-state index is 12.6. The van der Waals surface area contributed by atoms with Gasteiger partial charge in [0.05, 0.1) is 23.9 Å². The van der Waals surface area contributed by atoms with Gasteiger partial charge in [-0.15, -0.1) is 0 Å². The second kappa shape index (κ2) is 9.57. The maximum Gasteiger partial charge on any atom is 0.253 e. The second-order valence-electron chi connectivity index (χ2n) is 7.35. The van der Waals surface area contributed by atoms with Crippen LogP contribution in [-0.2, 0) is 24.8 Å². The fraction of sp³-hybridized carbons (Fsp3) is 0.300. The van der Waals surface area contributed by atoms with Crippen LogP contribution in [0.3, 0.4) is 0 Å². The Balaban J connectivity index is 2.23. The summed E-state index contributed by atoms with van der Waals surface area (Å²) < 4.78 is 50.0. The summed E-state index contributed by atoms with van der Waals surface area (Å²) >= 11 is 0. The molecular formula is C20H26N4O6S2. The standard InChI is InChI=1S/C20H26N4O6S2/c1-22(2)20(26)15-9-11-17(12-10-15)24(32(5,29)30)14-19(25)21-16-7-6-8-18(13-16)23(3)31(4,27)28/h6-13H,14H2,1-5H3,(H,21,25). The summed E-state index contributed by atoms with van der Waals surface area (Å²) in [5.74, 6) is -0.859. The normalized spacial score (nSPS) is 11.5. The predicted octanol–water partition coefficient (Wildman–Crippen LogP) is 1.19. The van der Waals surface area contributed by atoms with E-state index in [9.17, 15) is 26.4 Å². The molecule has 174 valence electrons. The Morgan fingerprint density at radius 3 is 1.94 bits per heavy atom. The molecule has 2 amide bonds. The van der Waals surface area contributed by atoms with Crippen LogP contribution in [0, 0.1) is 0 Å². The highest BCUT2D eigenvalue weighted by molar-refractivity contribution is 7.92. The number of sulfonamides is 2. The molecule has 2 rings (SSSR count). The number of nitrogens with one attached hydrogen (secondary N) is 1. The summed E-state index contributed by atoms with van der Waals surface area (Å²) in [6.45, 7) is -0.508. The van der Waals surface area contributed by atoms with E-state index in [0.29, 0.717) is 16.9 Å². The number of rotatable bonds is 8. The van der Waals surface area contributed by atoms with Crippen molar-refractivity contribution in [3.8, 4) is 0 Å². The molecule has 32 heavy (non-hydrogen) atoms. The molecule has 0 radical (unpaired) electrons. The van der Waals surface area contributed by atoms with E-state index in [1.807, 2.05) is 0 Å². The number of carbonyl (C=O) groups is 2. The van der Waals surface area contributed by atoms with Gasteiger partial charge in [-0.3, -0.25) is 18.2 Å². The highest BCUT2D eigenvalue weighted by atomic mass is 32.2. The molecule has 0 aliphatic carbocycles. The lowest BCUT2D eigenvalue weighted by Crippen LogP contribution is -2.37. The molecule has 0 atom stereocenters. The first-order valence-corrected chi connectivity index (χ1v) is 13.0. The summed E-state index contributed by atoms with van der Waals surface area (Å²) in [4.78, 5) is 26.0. The molecule has 0 aromatic heterocycles. The van der Waals surface area contributed by atoms with E-state index in [2.05, 4.69) is 5.32 Å². The van der Waals surface area contributed by atoms with Gasteiger partial charge >= 0.3 is 0 Å². The Labute approximate surface area is 188 Å². The van der Waals surface area contributed by atoms with Crippen molar-refractivity contribution < 1.29 is 26.4 Å². The number of amides is 2. The molecule has 10 nitrogen and oxygen atoms in total. The number of anilines is 3. The van der Waals surface area contributed by atoms with E-state index in [1.54, 1.807) is 32.3 Å². The molecule has 0 bridgehead atoms. The fourth-order valence-electron chi connectivity index (χ4n) is 2.73. The molecule has 2 aromatic carbocycles. The van der Waals surface area contributed by atoms with Crippen LogP contribution in [0.2, 0.25) is 0 Å². The molecule has 0 fully saturated rings. The average Bonchev–Trinajstić information content (AvgIpc) is 2.69. The Morgan fingerprint density at radius 1 is 0.844 bits per heavy atom. The monoisotopic (exact) mass is 482 g/mol. The lowest BCUT2D eigenvalue weighted by atomic mass is 10.2. The lowest BCUT2D eigenvalue weighted by Gasteiger charge is -2.22. The van der Waals surface area contributed by atoms with Gasteiger partial charge in [0.2, 0.25) is 26.0 Å².